The molecule has 1 N–H and O–H groups in total. The quantitative estimate of drug-likeness (QED) is 0.634. The molecule has 0 amide bonds. The van der Waals surface area contributed by atoms with Gasteiger partial charge in [-0.15, -0.1) is 0 Å². The zero-order valence-electron chi connectivity index (χ0n) is 7.62. The van der Waals surface area contributed by atoms with Crippen LogP contribution in [0, 0.1) is 0 Å². The van der Waals surface area contributed by atoms with Crippen LogP contribution in [0.2, 0.25) is 0 Å². The molecule has 0 aliphatic heterocycles. The van der Waals surface area contributed by atoms with Gasteiger partial charge in [-0.05, 0) is 27.2 Å². The third-order valence-electron chi connectivity index (χ3n) is 1.71. The number of hydrogen-bond donors (Lipinski definition) is 1. The smallest absolute Gasteiger partial charge is 0.0115 e. The second-order valence-corrected chi connectivity index (χ2v) is 2.69. The number of nitrogens with one attached hydrogen (secondary N) is 1. The van der Waals surface area contributed by atoms with E-state index in [1.807, 2.05) is 0 Å². The highest BCUT2D eigenvalue weighted by molar-refractivity contribution is 5.06. The Balaban J connectivity index is 3.79. The first-order chi connectivity index (χ1) is 4.72. The van der Waals surface area contributed by atoms with Gasteiger partial charge in [-0.2, -0.15) is 0 Å². The summed E-state index contributed by atoms with van der Waals surface area (Å²) in [5.74, 6) is 0. The fourth-order valence-electron chi connectivity index (χ4n) is 0.979. The molecular weight excluding hydrogens is 122 g/mol. The van der Waals surface area contributed by atoms with Crippen LogP contribution in [-0.4, -0.2) is 6.54 Å². The Morgan fingerprint density at radius 3 is 2.20 bits per heavy atom. The SMILES string of the molecule is CCC/C(C)=C(/C)NCC. The Morgan fingerprint density at radius 1 is 1.20 bits per heavy atom. The summed E-state index contributed by atoms with van der Waals surface area (Å²) in [5.41, 5.74) is 2.84. The first-order valence-electron chi connectivity index (χ1n) is 4.12. The lowest BCUT2D eigenvalue weighted by molar-refractivity contribution is 0.801. The molecule has 0 aromatic rings. The molecule has 1 heteroatoms. The highest BCUT2D eigenvalue weighted by Gasteiger charge is 1.92. The van der Waals surface area contributed by atoms with Gasteiger partial charge >= 0.3 is 0 Å². The van der Waals surface area contributed by atoms with Crippen LogP contribution in [0.4, 0.5) is 0 Å². The maximum Gasteiger partial charge on any atom is 0.0115 e. The van der Waals surface area contributed by atoms with Gasteiger partial charge in [-0.1, -0.05) is 18.9 Å². The molecule has 60 valence electrons. The molecule has 0 saturated heterocycles. The highest BCUT2D eigenvalue weighted by atomic mass is 14.9. The molecule has 0 fully saturated rings. The van der Waals surface area contributed by atoms with Crippen molar-refractivity contribution in [3.8, 4) is 0 Å². The van der Waals surface area contributed by atoms with E-state index in [9.17, 15) is 0 Å². The summed E-state index contributed by atoms with van der Waals surface area (Å²) in [7, 11) is 0. The topological polar surface area (TPSA) is 12.0 Å². The summed E-state index contributed by atoms with van der Waals surface area (Å²) >= 11 is 0. The first-order valence-corrected chi connectivity index (χ1v) is 4.12. The van der Waals surface area contributed by atoms with Crippen molar-refractivity contribution in [2.45, 2.75) is 40.5 Å². The third-order valence-corrected chi connectivity index (χ3v) is 1.71. The summed E-state index contributed by atoms with van der Waals surface area (Å²) < 4.78 is 0. The van der Waals surface area contributed by atoms with Crippen molar-refractivity contribution < 1.29 is 0 Å². The van der Waals surface area contributed by atoms with E-state index in [1.54, 1.807) is 0 Å². The van der Waals surface area contributed by atoms with Gasteiger partial charge in [-0.25, -0.2) is 0 Å². The van der Waals surface area contributed by atoms with Crippen molar-refractivity contribution in [1.82, 2.24) is 5.32 Å². The van der Waals surface area contributed by atoms with Crippen LogP contribution >= 0.6 is 0 Å². The molecule has 0 atom stereocenters. The van der Waals surface area contributed by atoms with Crippen LogP contribution in [0.5, 0.6) is 0 Å². The molecule has 0 heterocycles. The summed E-state index contributed by atoms with van der Waals surface area (Å²) in [5, 5.41) is 3.31. The normalized spacial score (nSPS) is 12.8. The van der Waals surface area contributed by atoms with Crippen molar-refractivity contribution in [2.24, 2.45) is 0 Å². The molecular formula is C9H19N. The van der Waals surface area contributed by atoms with E-state index in [4.69, 9.17) is 0 Å². The van der Waals surface area contributed by atoms with Crippen LogP contribution in [0.25, 0.3) is 0 Å². The lowest BCUT2D eigenvalue weighted by atomic mass is 10.1. The minimum atomic E-state index is 1.03. The van der Waals surface area contributed by atoms with E-state index in [1.165, 1.54) is 24.1 Å². The summed E-state index contributed by atoms with van der Waals surface area (Å²) in [6.07, 6.45) is 2.47. The molecule has 0 saturated carbocycles. The van der Waals surface area contributed by atoms with Crippen molar-refractivity contribution in [3.63, 3.8) is 0 Å². The fourth-order valence-corrected chi connectivity index (χ4v) is 0.979. The van der Waals surface area contributed by atoms with E-state index in [2.05, 4.69) is 33.0 Å². The Labute approximate surface area is 64.5 Å². The van der Waals surface area contributed by atoms with Crippen molar-refractivity contribution in [3.05, 3.63) is 11.3 Å². The minimum absolute atomic E-state index is 1.03. The van der Waals surface area contributed by atoms with Crippen LogP contribution in [0.15, 0.2) is 11.3 Å². The molecule has 0 unspecified atom stereocenters. The monoisotopic (exact) mass is 141 g/mol. The van der Waals surface area contributed by atoms with Crippen LogP contribution < -0.4 is 5.32 Å². The van der Waals surface area contributed by atoms with E-state index in [0.29, 0.717) is 0 Å². The molecule has 0 aromatic carbocycles. The second-order valence-electron chi connectivity index (χ2n) is 2.69. The lowest BCUT2D eigenvalue weighted by Gasteiger charge is -2.07. The highest BCUT2D eigenvalue weighted by Crippen LogP contribution is 2.06. The third kappa shape index (κ3) is 3.54. The Bertz CT molecular complexity index is 99.9. The van der Waals surface area contributed by atoms with Crippen LogP contribution in [0.1, 0.15) is 40.5 Å². The van der Waals surface area contributed by atoms with E-state index in [0.717, 1.165) is 6.54 Å². The van der Waals surface area contributed by atoms with E-state index in [-0.39, 0.29) is 0 Å². The summed E-state index contributed by atoms with van der Waals surface area (Å²) in [6.45, 7) is 9.72. The predicted octanol–water partition coefficient (Wildman–Crippen LogP) is 2.69. The Morgan fingerprint density at radius 2 is 1.80 bits per heavy atom. The largest absolute Gasteiger partial charge is 0.389 e. The molecule has 0 aliphatic carbocycles. The van der Waals surface area contributed by atoms with Crippen molar-refractivity contribution >= 4 is 0 Å². The van der Waals surface area contributed by atoms with Gasteiger partial charge in [0.2, 0.25) is 0 Å². The first kappa shape index (κ1) is 9.54. The molecule has 0 bridgehead atoms. The molecule has 10 heavy (non-hydrogen) atoms. The molecule has 1 nitrogen and oxygen atoms in total. The Kier molecular flexibility index (Phi) is 5.09. The number of allylic oxidation sites excluding steroid dienone is 2. The van der Waals surface area contributed by atoms with Crippen LogP contribution in [-0.2, 0) is 0 Å². The van der Waals surface area contributed by atoms with Gasteiger partial charge in [0.25, 0.3) is 0 Å². The summed E-state index contributed by atoms with van der Waals surface area (Å²) in [6, 6.07) is 0. The van der Waals surface area contributed by atoms with Gasteiger partial charge in [0.05, 0.1) is 0 Å². The van der Waals surface area contributed by atoms with E-state index < -0.39 is 0 Å². The average Bonchev–Trinajstić information content (AvgIpc) is 1.89. The predicted molar refractivity (Wildman–Crippen MR) is 47.0 cm³/mol. The average molecular weight is 141 g/mol. The maximum absolute atomic E-state index is 3.31. The van der Waals surface area contributed by atoms with Gasteiger partial charge in [-0.3, -0.25) is 0 Å². The number of hydrogen-bond acceptors (Lipinski definition) is 1. The fraction of sp³-hybridized carbons (Fsp3) is 0.778. The molecule has 0 aromatic heterocycles. The Hall–Kier alpha value is -0.460. The van der Waals surface area contributed by atoms with Crippen molar-refractivity contribution in [2.75, 3.05) is 6.54 Å². The van der Waals surface area contributed by atoms with Gasteiger partial charge in [0.1, 0.15) is 0 Å². The van der Waals surface area contributed by atoms with Gasteiger partial charge in [0.15, 0.2) is 0 Å². The van der Waals surface area contributed by atoms with Gasteiger partial charge in [0, 0.05) is 12.2 Å². The zero-order valence-corrected chi connectivity index (χ0v) is 7.62. The molecule has 0 radical (unpaired) electrons. The molecule has 0 aliphatic rings. The summed E-state index contributed by atoms with van der Waals surface area (Å²) in [4.78, 5) is 0. The number of rotatable bonds is 4. The minimum Gasteiger partial charge on any atom is -0.389 e. The second kappa shape index (κ2) is 5.33. The van der Waals surface area contributed by atoms with Gasteiger partial charge < -0.3 is 5.32 Å². The van der Waals surface area contributed by atoms with E-state index >= 15 is 0 Å². The molecule has 0 rings (SSSR count). The lowest BCUT2D eigenvalue weighted by Crippen LogP contribution is -2.10. The zero-order chi connectivity index (χ0) is 7.98. The van der Waals surface area contributed by atoms with Crippen LogP contribution in [0.3, 0.4) is 0 Å². The standard InChI is InChI=1S/C9H19N/c1-5-7-8(3)9(4)10-6-2/h10H,5-7H2,1-4H3/b9-8-. The molecule has 0 spiro atoms. The van der Waals surface area contributed by atoms with Crippen molar-refractivity contribution in [1.29, 1.82) is 0 Å². The maximum atomic E-state index is 3.31.